The van der Waals surface area contributed by atoms with Gasteiger partial charge in [-0.1, -0.05) is 13.8 Å². The van der Waals surface area contributed by atoms with Crippen LogP contribution in [0.3, 0.4) is 0 Å². The number of hydrogen-bond donors (Lipinski definition) is 3. The number of amides is 2. The Labute approximate surface area is 121 Å². The van der Waals surface area contributed by atoms with Crippen molar-refractivity contribution in [3.63, 3.8) is 0 Å². The molecule has 0 aliphatic carbocycles. The molecule has 2 amide bonds. The maximum Gasteiger partial charge on any atom is 0.315 e. The van der Waals surface area contributed by atoms with E-state index < -0.39 is 17.9 Å². The van der Waals surface area contributed by atoms with Crippen molar-refractivity contribution in [1.82, 2.24) is 15.5 Å². The van der Waals surface area contributed by atoms with Crippen LogP contribution >= 0.6 is 0 Å². The monoisotopic (exact) mass is 287 g/mol. The number of carboxylic acid groups (broad SMARTS) is 1. The molecular formula is C14H29N3O3. The number of rotatable bonds is 8. The molecule has 0 aliphatic rings. The number of hydrogen-bond acceptors (Lipinski definition) is 3. The maximum atomic E-state index is 11.9. The van der Waals surface area contributed by atoms with Gasteiger partial charge < -0.3 is 20.6 Å². The zero-order chi connectivity index (χ0) is 15.9. The Balaban J connectivity index is 4.41. The van der Waals surface area contributed by atoms with Crippen LogP contribution in [-0.4, -0.2) is 54.7 Å². The minimum atomic E-state index is -0.912. The second-order valence-electron chi connectivity index (χ2n) is 6.12. The highest BCUT2D eigenvalue weighted by Gasteiger charge is 2.22. The molecule has 6 nitrogen and oxygen atoms in total. The van der Waals surface area contributed by atoms with Crippen LogP contribution in [0.2, 0.25) is 0 Å². The molecule has 20 heavy (non-hydrogen) atoms. The highest BCUT2D eigenvalue weighted by molar-refractivity contribution is 5.76. The Hall–Kier alpha value is -1.30. The molecule has 0 heterocycles. The fourth-order valence-electron chi connectivity index (χ4n) is 1.96. The number of carbonyl (C=O) groups excluding carboxylic acids is 1. The molecule has 3 N–H and O–H groups in total. The SMILES string of the molecule is CC(C)CC(CN(C)C)NC(=O)NC(C)C(C)C(=O)O. The second-order valence-corrected chi connectivity index (χ2v) is 6.12. The van der Waals surface area contributed by atoms with Gasteiger partial charge in [0, 0.05) is 18.6 Å². The molecule has 0 aromatic heterocycles. The van der Waals surface area contributed by atoms with Crippen molar-refractivity contribution in [3.8, 4) is 0 Å². The van der Waals surface area contributed by atoms with Gasteiger partial charge in [0.1, 0.15) is 0 Å². The Bertz CT molecular complexity index is 309. The van der Waals surface area contributed by atoms with Gasteiger partial charge in [-0.15, -0.1) is 0 Å². The molecule has 3 unspecified atom stereocenters. The summed E-state index contributed by atoms with van der Waals surface area (Å²) in [7, 11) is 3.92. The third-order valence-corrected chi connectivity index (χ3v) is 3.17. The van der Waals surface area contributed by atoms with E-state index in [1.165, 1.54) is 0 Å². The average molecular weight is 287 g/mol. The molecule has 0 bridgehead atoms. The number of nitrogens with zero attached hydrogens (tertiary/aromatic N) is 1. The number of likely N-dealkylation sites (N-methyl/N-ethyl adjacent to an activating group) is 1. The molecule has 0 rings (SSSR count). The third-order valence-electron chi connectivity index (χ3n) is 3.17. The van der Waals surface area contributed by atoms with Crippen molar-refractivity contribution in [3.05, 3.63) is 0 Å². The molecule has 0 aromatic carbocycles. The number of aliphatic carboxylic acids is 1. The van der Waals surface area contributed by atoms with Crippen LogP contribution in [0.1, 0.15) is 34.1 Å². The normalized spacial score (nSPS) is 15.8. The van der Waals surface area contributed by atoms with E-state index >= 15 is 0 Å². The second kappa shape index (κ2) is 8.79. The highest BCUT2D eigenvalue weighted by Crippen LogP contribution is 2.06. The predicted octanol–water partition coefficient (Wildman–Crippen LogP) is 1.37. The summed E-state index contributed by atoms with van der Waals surface area (Å²) < 4.78 is 0. The Morgan fingerprint density at radius 1 is 1.10 bits per heavy atom. The van der Waals surface area contributed by atoms with E-state index in [4.69, 9.17) is 5.11 Å². The van der Waals surface area contributed by atoms with E-state index in [2.05, 4.69) is 24.5 Å². The minimum Gasteiger partial charge on any atom is -0.481 e. The Morgan fingerprint density at radius 3 is 2.05 bits per heavy atom. The first kappa shape index (κ1) is 18.7. The molecule has 0 aromatic rings. The zero-order valence-corrected chi connectivity index (χ0v) is 13.4. The van der Waals surface area contributed by atoms with Gasteiger partial charge in [-0.25, -0.2) is 4.79 Å². The predicted molar refractivity (Wildman–Crippen MR) is 79.7 cm³/mol. The first-order chi connectivity index (χ1) is 9.13. The molecule has 6 heteroatoms. The first-order valence-corrected chi connectivity index (χ1v) is 7.08. The van der Waals surface area contributed by atoms with Crippen molar-refractivity contribution in [2.45, 2.75) is 46.2 Å². The molecule has 3 atom stereocenters. The van der Waals surface area contributed by atoms with E-state index in [9.17, 15) is 9.59 Å². The number of urea groups is 1. The molecule has 0 saturated heterocycles. The van der Waals surface area contributed by atoms with Crippen LogP contribution in [0, 0.1) is 11.8 Å². The molecule has 118 valence electrons. The number of carboxylic acids is 1. The third kappa shape index (κ3) is 7.99. The highest BCUT2D eigenvalue weighted by atomic mass is 16.4. The van der Waals surface area contributed by atoms with Gasteiger partial charge in [0.15, 0.2) is 0 Å². The summed E-state index contributed by atoms with van der Waals surface area (Å²) in [6, 6.07) is -0.665. The summed E-state index contributed by atoms with van der Waals surface area (Å²) in [5.74, 6) is -1.04. The fraction of sp³-hybridized carbons (Fsp3) is 0.857. The first-order valence-electron chi connectivity index (χ1n) is 7.08. The topological polar surface area (TPSA) is 81.7 Å². The van der Waals surface area contributed by atoms with Gasteiger partial charge in [-0.3, -0.25) is 4.79 Å². The minimum absolute atomic E-state index is 0.0531. The van der Waals surface area contributed by atoms with Gasteiger partial charge in [-0.2, -0.15) is 0 Å². The van der Waals surface area contributed by atoms with E-state index in [0.717, 1.165) is 13.0 Å². The van der Waals surface area contributed by atoms with Gasteiger partial charge in [-0.05, 0) is 40.3 Å². The molecule has 0 fully saturated rings. The lowest BCUT2D eigenvalue weighted by Gasteiger charge is -2.25. The smallest absolute Gasteiger partial charge is 0.315 e. The van der Waals surface area contributed by atoms with Crippen LogP contribution in [0.4, 0.5) is 4.79 Å². The zero-order valence-electron chi connectivity index (χ0n) is 13.4. The van der Waals surface area contributed by atoms with Gasteiger partial charge in [0.05, 0.1) is 5.92 Å². The molecule has 0 radical (unpaired) electrons. The lowest BCUT2D eigenvalue weighted by Crippen LogP contribution is -2.50. The van der Waals surface area contributed by atoms with Crippen molar-refractivity contribution in [2.75, 3.05) is 20.6 Å². The van der Waals surface area contributed by atoms with E-state index in [-0.39, 0.29) is 12.1 Å². The largest absolute Gasteiger partial charge is 0.481 e. The quantitative estimate of drug-likeness (QED) is 0.630. The molecule has 0 spiro atoms. The van der Waals surface area contributed by atoms with Gasteiger partial charge in [0.2, 0.25) is 0 Å². The summed E-state index contributed by atoms with van der Waals surface area (Å²) in [6.07, 6.45) is 0.883. The van der Waals surface area contributed by atoms with E-state index in [1.54, 1.807) is 13.8 Å². The number of nitrogens with one attached hydrogen (secondary N) is 2. The van der Waals surface area contributed by atoms with Crippen molar-refractivity contribution in [2.24, 2.45) is 11.8 Å². The fourth-order valence-corrected chi connectivity index (χ4v) is 1.96. The summed E-state index contributed by atoms with van der Waals surface area (Å²) in [6.45, 7) is 8.25. The van der Waals surface area contributed by atoms with Crippen LogP contribution in [0.15, 0.2) is 0 Å². The van der Waals surface area contributed by atoms with Crippen molar-refractivity contribution in [1.29, 1.82) is 0 Å². The van der Waals surface area contributed by atoms with Crippen LogP contribution in [-0.2, 0) is 4.79 Å². The summed E-state index contributed by atoms with van der Waals surface area (Å²) in [4.78, 5) is 24.8. The summed E-state index contributed by atoms with van der Waals surface area (Å²) in [5, 5.41) is 14.5. The summed E-state index contributed by atoms with van der Waals surface area (Å²) >= 11 is 0. The Morgan fingerprint density at radius 2 is 1.65 bits per heavy atom. The summed E-state index contributed by atoms with van der Waals surface area (Å²) in [5.41, 5.74) is 0. The Kier molecular flexibility index (Phi) is 8.22. The lowest BCUT2D eigenvalue weighted by molar-refractivity contribution is -0.141. The van der Waals surface area contributed by atoms with Gasteiger partial charge in [0.25, 0.3) is 0 Å². The number of carbonyl (C=O) groups is 2. The van der Waals surface area contributed by atoms with Crippen molar-refractivity contribution >= 4 is 12.0 Å². The van der Waals surface area contributed by atoms with Crippen molar-refractivity contribution < 1.29 is 14.7 Å². The van der Waals surface area contributed by atoms with Crippen LogP contribution in [0.25, 0.3) is 0 Å². The molecular weight excluding hydrogens is 258 g/mol. The van der Waals surface area contributed by atoms with E-state index in [1.807, 2.05) is 19.0 Å². The molecule has 0 saturated carbocycles. The molecule has 0 aliphatic heterocycles. The average Bonchev–Trinajstić information content (AvgIpc) is 2.25. The maximum absolute atomic E-state index is 11.9. The van der Waals surface area contributed by atoms with Crippen LogP contribution < -0.4 is 10.6 Å². The standard InChI is InChI=1S/C14H29N3O3/c1-9(2)7-12(8-17(5)6)16-14(20)15-11(4)10(3)13(18)19/h9-12H,7-8H2,1-6H3,(H,18,19)(H2,15,16,20). The lowest BCUT2D eigenvalue weighted by atomic mass is 10.0. The van der Waals surface area contributed by atoms with E-state index in [0.29, 0.717) is 5.92 Å². The van der Waals surface area contributed by atoms with Crippen LogP contribution in [0.5, 0.6) is 0 Å². The van der Waals surface area contributed by atoms with Gasteiger partial charge >= 0.3 is 12.0 Å².